The van der Waals surface area contributed by atoms with Crippen LogP contribution in [0.2, 0.25) is 18.1 Å². The van der Waals surface area contributed by atoms with Gasteiger partial charge in [0.1, 0.15) is 0 Å². The molecule has 0 fully saturated rings. The highest BCUT2D eigenvalue weighted by molar-refractivity contribution is 6.74. The van der Waals surface area contributed by atoms with E-state index in [9.17, 15) is 5.11 Å². The van der Waals surface area contributed by atoms with Crippen LogP contribution in [0.1, 0.15) is 54.4 Å². The zero-order valence-corrected chi connectivity index (χ0v) is 15.0. The second kappa shape index (κ2) is 5.34. The first-order valence-corrected chi connectivity index (χ1v) is 10.3. The van der Waals surface area contributed by atoms with Crippen molar-refractivity contribution >= 4 is 8.32 Å². The van der Waals surface area contributed by atoms with E-state index in [2.05, 4.69) is 53.8 Å². The summed E-state index contributed by atoms with van der Waals surface area (Å²) < 4.78 is 6.61. The molecule has 112 valence electrons. The predicted molar refractivity (Wildman–Crippen MR) is 84.8 cm³/mol. The molecule has 3 heteroatoms. The zero-order valence-electron chi connectivity index (χ0n) is 14.0. The van der Waals surface area contributed by atoms with Gasteiger partial charge in [-0.1, -0.05) is 26.8 Å². The van der Waals surface area contributed by atoms with Crippen LogP contribution in [0, 0.1) is 5.92 Å². The van der Waals surface area contributed by atoms with Gasteiger partial charge >= 0.3 is 0 Å². The largest absolute Gasteiger partial charge is 0.412 e. The molecule has 0 aliphatic heterocycles. The number of aliphatic hydroxyl groups excluding tert-OH is 1. The van der Waals surface area contributed by atoms with Gasteiger partial charge in [0.15, 0.2) is 8.32 Å². The average Bonchev–Trinajstić information content (AvgIpc) is 2.18. The van der Waals surface area contributed by atoms with E-state index in [1.54, 1.807) is 0 Å². The van der Waals surface area contributed by atoms with Crippen molar-refractivity contribution in [1.29, 1.82) is 0 Å². The Balaban J connectivity index is 2.83. The van der Waals surface area contributed by atoms with E-state index in [0.717, 1.165) is 18.4 Å². The maximum Gasteiger partial charge on any atom is 0.192 e. The van der Waals surface area contributed by atoms with Crippen molar-refractivity contribution in [2.45, 2.75) is 84.2 Å². The Morgan fingerprint density at radius 2 is 1.74 bits per heavy atom. The van der Waals surface area contributed by atoms with Crippen molar-refractivity contribution in [3.05, 3.63) is 11.6 Å². The Morgan fingerprint density at radius 1 is 1.21 bits per heavy atom. The quantitative estimate of drug-likeness (QED) is 0.610. The van der Waals surface area contributed by atoms with Crippen LogP contribution in [0.5, 0.6) is 0 Å². The highest BCUT2D eigenvalue weighted by Gasteiger charge is 2.44. The number of hydrogen-bond acceptors (Lipinski definition) is 2. The lowest BCUT2D eigenvalue weighted by Crippen LogP contribution is -2.51. The van der Waals surface area contributed by atoms with Crippen molar-refractivity contribution in [3.8, 4) is 0 Å². The van der Waals surface area contributed by atoms with Crippen molar-refractivity contribution in [2.24, 2.45) is 5.92 Å². The molecular formula is C16H32O2Si. The Hall–Kier alpha value is -0.123. The molecule has 0 amide bonds. The number of rotatable bonds is 3. The van der Waals surface area contributed by atoms with E-state index in [-0.39, 0.29) is 16.7 Å². The van der Waals surface area contributed by atoms with Crippen molar-refractivity contribution < 1.29 is 9.53 Å². The molecule has 0 radical (unpaired) electrons. The Bertz CT molecular complexity index is 350. The molecule has 2 atom stereocenters. The highest BCUT2D eigenvalue weighted by atomic mass is 28.4. The fourth-order valence-electron chi connectivity index (χ4n) is 2.48. The van der Waals surface area contributed by atoms with Crippen molar-refractivity contribution in [3.63, 3.8) is 0 Å². The van der Waals surface area contributed by atoms with Gasteiger partial charge in [0.05, 0.1) is 11.7 Å². The summed E-state index contributed by atoms with van der Waals surface area (Å²) >= 11 is 0. The number of allylic oxidation sites excluding steroid dienone is 1. The fraction of sp³-hybridized carbons (Fsp3) is 0.875. The molecule has 1 aliphatic rings. The molecule has 0 heterocycles. The monoisotopic (exact) mass is 284 g/mol. The highest BCUT2D eigenvalue weighted by Crippen LogP contribution is 2.43. The summed E-state index contributed by atoms with van der Waals surface area (Å²) in [7, 11) is -1.77. The molecule has 19 heavy (non-hydrogen) atoms. The molecule has 1 aliphatic carbocycles. The molecule has 0 spiro atoms. The van der Waals surface area contributed by atoms with Crippen molar-refractivity contribution in [2.75, 3.05) is 0 Å². The van der Waals surface area contributed by atoms with Crippen LogP contribution in [0.3, 0.4) is 0 Å². The summed E-state index contributed by atoms with van der Waals surface area (Å²) in [5.74, 6) is 0.403. The normalized spacial score (nSPS) is 26.3. The van der Waals surface area contributed by atoms with E-state index >= 15 is 0 Å². The minimum Gasteiger partial charge on any atom is -0.412 e. The summed E-state index contributed by atoms with van der Waals surface area (Å²) in [4.78, 5) is 0. The Kier molecular flexibility index (Phi) is 4.76. The molecule has 0 aromatic rings. The molecule has 0 aromatic heterocycles. The summed E-state index contributed by atoms with van der Waals surface area (Å²) in [6.45, 7) is 17.8. The summed E-state index contributed by atoms with van der Waals surface area (Å²) in [5.41, 5.74) is 0.945. The van der Waals surface area contributed by atoms with Crippen LogP contribution in [0.4, 0.5) is 0 Å². The van der Waals surface area contributed by atoms with Crippen LogP contribution < -0.4 is 0 Å². The Labute approximate surface area is 120 Å². The maximum absolute atomic E-state index is 10.1. The van der Waals surface area contributed by atoms with Gasteiger partial charge in [0.2, 0.25) is 0 Å². The molecule has 0 saturated carbocycles. The van der Waals surface area contributed by atoms with Gasteiger partial charge in [0.25, 0.3) is 0 Å². The Morgan fingerprint density at radius 3 is 2.16 bits per heavy atom. The standard InChI is InChI=1S/C16H32O2Si/c1-12-9-10-13(11-14(12)17)16(5,6)18-19(7,8)15(2,3)4/h9,13-14,17H,10-11H2,1-8H3/t13-,14+/m0/s1. The topological polar surface area (TPSA) is 29.5 Å². The molecule has 0 aromatic carbocycles. The first-order chi connectivity index (χ1) is 8.37. The third kappa shape index (κ3) is 3.93. The minimum atomic E-state index is -1.77. The molecule has 0 saturated heterocycles. The SMILES string of the molecule is CC1=CC[C@H](C(C)(C)O[Si](C)(C)C(C)(C)C)C[C@H]1O. The predicted octanol–water partition coefficient (Wildman–Crippen LogP) is 4.50. The van der Waals surface area contributed by atoms with Gasteiger partial charge in [-0.2, -0.15) is 0 Å². The maximum atomic E-state index is 10.1. The van der Waals surface area contributed by atoms with E-state index in [4.69, 9.17) is 4.43 Å². The molecule has 1 rings (SSSR count). The van der Waals surface area contributed by atoms with Gasteiger partial charge < -0.3 is 9.53 Å². The van der Waals surface area contributed by atoms with Gasteiger partial charge in [-0.05, 0) is 63.2 Å². The molecule has 2 nitrogen and oxygen atoms in total. The third-order valence-electron chi connectivity index (χ3n) is 5.07. The van der Waals surface area contributed by atoms with E-state index in [1.807, 2.05) is 6.92 Å². The average molecular weight is 285 g/mol. The van der Waals surface area contributed by atoms with Gasteiger partial charge in [-0.3, -0.25) is 0 Å². The van der Waals surface area contributed by atoms with Crippen LogP contribution in [0.15, 0.2) is 11.6 Å². The fourth-order valence-corrected chi connectivity index (χ4v) is 4.27. The summed E-state index contributed by atoms with van der Waals surface area (Å²) in [5, 5.41) is 10.3. The lowest BCUT2D eigenvalue weighted by atomic mass is 9.78. The van der Waals surface area contributed by atoms with Crippen LogP contribution in [-0.4, -0.2) is 25.1 Å². The smallest absolute Gasteiger partial charge is 0.192 e. The summed E-state index contributed by atoms with van der Waals surface area (Å²) in [6, 6.07) is 0. The van der Waals surface area contributed by atoms with Gasteiger partial charge in [-0.15, -0.1) is 0 Å². The van der Waals surface area contributed by atoms with Crippen LogP contribution in [0.25, 0.3) is 0 Å². The third-order valence-corrected chi connectivity index (χ3v) is 9.71. The molecule has 0 unspecified atom stereocenters. The number of aliphatic hydroxyl groups is 1. The minimum absolute atomic E-state index is 0.165. The van der Waals surface area contributed by atoms with E-state index in [1.165, 1.54) is 0 Å². The van der Waals surface area contributed by atoms with Crippen LogP contribution >= 0.6 is 0 Å². The van der Waals surface area contributed by atoms with Gasteiger partial charge in [0, 0.05) is 0 Å². The second-order valence-electron chi connectivity index (χ2n) is 8.10. The van der Waals surface area contributed by atoms with E-state index < -0.39 is 8.32 Å². The first kappa shape index (κ1) is 16.9. The first-order valence-electron chi connectivity index (χ1n) is 7.42. The molecule has 0 bridgehead atoms. The second-order valence-corrected chi connectivity index (χ2v) is 12.8. The zero-order chi connectivity index (χ0) is 15.1. The molecular weight excluding hydrogens is 252 g/mol. The van der Waals surface area contributed by atoms with Crippen molar-refractivity contribution in [1.82, 2.24) is 0 Å². The van der Waals surface area contributed by atoms with E-state index in [0.29, 0.717) is 5.92 Å². The van der Waals surface area contributed by atoms with Crippen LogP contribution in [-0.2, 0) is 4.43 Å². The summed E-state index contributed by atoms with van der Waals surface area (Å²) in [6.07, 6.45) is 3.73. The van der Waals surface area contributed by atoms with Gasteiger partial charge in [-0.25, -0.2) is 0 Å². The number of hydrogen-bond donors (Lipinski definition) is 1. The lowest BCUT2D eigenvalue weighted by Gasteiger charge is -2.47. The lowest BCUT2D eigenvalue weighted by molar-refractivity contribution is 0.00521. The molecule has 1 N–H and O–H groups in total.